The highest BCUT2D eigenvalue weighted by Gasteiger charge is 2.13. The highest BCUT2D eigenvalue weighted by Crippen LogP contribution is 2.26. The highest BCUT2D eigenvalue weighted by molar-refractivity contribution is 5.89. The van der Waals surface area contributed by atoms with Crippen LogP contribution in [0.5, 0.6) is 0 Å². The fraction of sp³-hybridized carbons (Fsp3) is 0.333. The van der Waals surface area contributed by atoms with Gasteiger partial charge in [0.2, 0.25) is 0 Å². The van der Waals surface area contributed by atoms with E-state index in [0.29, 0.717) is 11.3 Å². The van der Waals surface area contributed by atoms with E-state index in [4.69, 9.17) is 0 Å². The Morgan fingerprint density at radius 1 is 1.38 bits per heavy atom. The van der Waals surface area contributed by atoms with Crippen molar-refractivity contribution < 1.29 is 4.92 Å². The van der Waals surface area contributed by atoms with Gasteiger partial charge in [-0.3, -0.25) is 10.1 Å². The fourth-order valence-corrected chi connectivity index (χ4v) is 1.92. The van der Waals surface area contributed by atoms with E-state index >= 15 is 0 Å². The molecule has 0 amide bonds. The summed E-state index contributed by atoms with van der Waals surface area (Å²) in [5.74, 6) is 0.523. The van der Waals surface area contributed by atoms with Crippen molar-refractivity contribution in [1.82, 2.24) is 4.57 Å². The lowest BCUT2D eigenvalue weighted by atomic mass is 10.2. The van der Waals surface area contributed by atoms with Crippen LogP contribution in [0, 0.1) is 16.0 Å². The lowest BCUT2D eigenvalue weighted by Crippen LogP contribution is -2.02. The molecule has 2 rings (SSSR count). The van der Waals surface area contributed by atoms with E-state index in [1.807, 2.05) is 18.3 Å². The molecule has 84 valence electrons. The molecule has 0 saturated carbocycles. The first kappa shape index (κ1) is 10.7. The standard InChI is InChI=1S/C12H14N2O2/c1-9(2)8-13-7-6-10-11(13)4-3-5-12(10)14(15)16/h3-7,9H,8H2,1-2H3. The Balaban J connectivity index is 2.57. The number of nitrogens with zero attached hydrogens (tertiary/aromatic N) is 2. The van der Waals surface area contributed by atoms with E-state index in [-0.39, 0.29) is 10.6 Å². The van der Waals surface area contributed by atoms with Crippen LogP contribution in [0.15, 0.2) is 30.5 Å². The van der Waals surface area contributed by atoms with Crippen molar-refractivity contribution >= 4 is 16.6 Å². The molecule has 0 spiro atoms. The fourth-order valence-electron chi connectivity index (χ4n) is 1.92. The van der Waals surface area contributed by atoms with E-state index in [2.05, 4.69) is 18.4 Å². The molecular weight excluding hydrogens is 204 g/mol. The highest BCUT2D eigenvalue weighted by atomic mass is 16.6. The number of rotatable bonds is 3. The molecule has 0 radical (unpaired) electrons. The summed E-state index contributed by atoms with van der Waals surface area (Å²) >= 11 is 0. The molecule has 0 fully saturated rings. The topological polar surface area (TPSA) is 48.1 Å². The van der Waals surface area contributed by atoms with Gasteiger partial charge in [0.15, 0.2) is 0 Å². The van der Waals surface area contributed by atoms with Crippen molar-refractivity contribution in [3.8, 4) is 0 Å². The zero-order valence-electron chi connectivity index (χ0n) is 9.38. The lowest BCUT2D eigenvalue weighted by Gasteiger charge is -2.07. The molecule has 2 aromatic rings. The largest absolute Gasteiger partial charge is 0.347 e. The van der Waals surface area contributed by atoms with Crippen molar-refractivity contribution in [2.45, 2.75) is 20.4 Å². The summed E-state index contributed by atoms with van der Waals surface area (Å²) in [6.07, 6.45) is 1.91. The third kappa shape index (κ3) is 1.78. The minimum atomic E-state index is -0.331. The summed E-state index contributed by atoms with van der Waals surface area (Å²) < 4.78 is 2.06. The summed E-state index contributed by atoms with van der Waals surface area (Å²) in [5.41, 5.74) is 1.11. The Hall–Kier alpha value is -1.84. The summed E-state index contributed by atoms with van der Waals surface area (Å²) in [4.78, 5) is 10.5. The van der Waals surface area contributed by atoms with Crippen LogP contribution in [-0.4, -0.2) is 9.49 Å². The van der Waals surface area contributed by atoms with Crippen LogP contribution in [0.1, 0.15) is 13.8 Å². The number of hydrogen-bond donors (Lipinski definition) is 0. The van der Waals surface area contributed by atoms with Crippen molar-refractivity contribution in [1.29, 1.82) is 0 Å². The SMILES string of the molecule is CC(C)Cn1ccc2c([N+](=O)[O-])cccc21. The van der Waals surface area contributed by atoms with Crippen LogP contribution in [0.3, 0.4) is 0 Å². The van der Waals surface area contributed by atoms with Crippen LogP contribution >= 0.6 is 0 Å². The van der Waals surface area contributed by atoms with E-state index < -0.39 is 0 Å². The van der Waals surface area contributed by atoms with Crippen molar-refractivity contribution in [3.05, 3.63) is 40.6 Å². The first-order chi connectivity index (χ1) is 7.59. The van der Waals surface area contributed by atoms with Crippen LogP contribution in [0.2, 0.25) is 0 Å². The Morgan fingerprint density at radius 2 is 2.12 bits per heavy atom. The van der Waals surface area contributed by atoms with Gasteiger partial charge in [0.05, 0.1) is 15.8 Å². The van der Waals surface area contributed by atoms with Gasteiger partial charge in [0.1, 0.15) is 0 Å². The number of aromatic nitrogens is 1. The van der Waals surface area contributed by atoms with Gasteiger partial charge in [0, 0.05) is 18.8 Å². The predicted molar refractivity (Wildman–Crippen MR) is 63.4 cm³/mol. The molecule has 4 nitrogen and oxygen atoms in total. The van der Waals surface area contributed by atoms with Gasteiger partial charge >= 0.3 is 0 Å². The van der Waals surface area contributed by atoms with Crippen LogP contribution in [0.4, 0.5) is 5.69 Å². The van der Waals surface area contributed by atoms with Gasteiger partial charge < -0.3 is 4.57 Å². The molecule has 1 heterocycles. The van der Waals surface area contributed by atoms with E-state index in [9.17, 15) is 10.1 Å². The Kier molecular flexibility index (Phi) is 2.64. The van der Waals surface area contributed by atoms with Crippen molar-refractivity contribution in [2.75, 3.05) is 0 Å². The van der Waals surface area contributed by atoms with Gasteiger partial charge in [-0.25, -0.2) is 0 Å². The first-order valence-corrected chi connectivity index (χ1v) is 5.32. The minimum absolute atomic E-state index is 0.181. The van der Waals surface area contributed by atoms with Gasteiger partial charge in [0.25, 0.3) is 5.69 Å². The third-order valence-electron chi connectivity index (χ3n) is 2.55. The lowest BCUT2D eigenvalue weighted by molar-refractivity contribution is -0.383. The molecular formula is C12H14N2O2. The van der Waals surface area contributed by atoms with Gasteiger partial charge in [-0.15, -0.1) is 0 Å². The molecule has 0 unspecified atom stereocenters. The smallest absolute Gasteiger partial charge is 0.278 e. The number of fused-ring (bicyclic) bond motifs is 1. The van der Waals surface area contributed by atoms with E-state index in [1.165, 1.54) is 0 Å². The maximum atomic E-state index is 10.8. The summed E-state index contributed by atoms with van der Waals surface area (Å²) in [6, 6.07) is 7.01. The number of hydrogen-bond acceptors (Lipinski definition) is 2. The molecule has 0 atom stereocenters. The molecule has 0 aliphatic carbocycles. The molecule has 0 saturated heterocycles. The van der Waals surface area contributed by atoms with Gasteiger partial charge in [-0.1, -0.05) is 19.9 Å². The molecule has 16 heavy (non-hydrogen) atoms. The Labute approximate surface area is 93.6 Å². The Bertz CT molecular complexity index is 529. The normalized spacial score (nSPS) is 11.2. The summed E-state index contributed by atoms with van der Waals surface area (Å²) in [7, 11) is 0. The molecule has 0 bridgehead atoms. The monoisotopic (exact) mass is 218 g/mol. The third-order valence-corrected chi connectivity index (χ3v) is 2.55. The maximum Gasteiger partial charge on any atom is 0.278 e. The van der Waals surface area contributed by atoms with Crippen molar-refractivity contribution in [2.24, 2.45) is 5.92 Å². The second kappa shape index (κ2) is 3.96. The van der Waals surface area contributed by atoms with Crippen LogP contribution < -0.4 is 0 Å². The molecule has 0 aliphatic rings. The molecule has 0 aliphatic heterocycles. The molecule has 4 heteroatoms. The quantitative estimate of drug-likeness (QED) is 0.586. The molecule has 0 N–H and O–H groups in total. The number of benzene rings is 1. The first-order valence-electron chi connectivity index (χ1n) is 5.32. The zero-order chi connectivity index (χ0) is 11.7. The molecule has 1 aromatic carbocycles. The number of nitro groups is 1. The van der Waals surface area contributed by atoms with Gasteiger partial charge in [-0.2, -0.15) is 0 Å². The van der Waals surface area contributed by atoms with E-state index in [0.717, 1.165) is 12.1 Å². The molecule has 1 aromatic heterocycles. The number of nitro benzene ring substituents is 1. The van der Waals surface area contributed by atoms with Crippen LogP contribution in [-0.2, 0) is 6.54 Å². The maximum absolute atomic E-state index is 10.8. The second-order valence-electron chi connectivity index (χ2n) is 4.33. The van der Waals surface area contributed by atoms with Crippen LogP contribution in [0.25, 0.3) is 10.9 Å². The average Bonchev–Trinajstić information content (AvgIpc) is 2.60. The van der Waals surface area contributed by atoms with Gasteiger partial charge in [-0.05, 0) is 18.1 Å². The second-order valence-corrected chi connectivity index (χ2v) is 4.33. The Morgan fingerprint density at radius 3 is 2.75 bits per heavy atom. The zero-order valence-corrected chi connectivity index (χ0v) is 9.38. The summed E-state index contributed by atoms with van der Waals surface area (Å²) in [5, 5.41) is 11.6. The minimum Gasteiger partial charge on any atom is -0.347 e. The average molecular weight is 218 g/mol. The number of non-ortho nitro benzene ring substituents is 1. The van der Waals surface area contributed by atoms with E-state index in [1.54, 1.807) is 12.1 Å². The summed E-state index contributed by atoms with van der Waals surface area (Å²) in [6.45, 7) is 5.14. The van der Waals surface area contributed by atoms with Crippen molar-refractivity contribution in [3.63, 3.8) is 0 Å². The predicted octanol–water partition coefficient (Wildman–Crippen LogP) is 3.21.